The molecule has 7 nitrogen and oxygen atoms in total. The van der Waals surface area contributed by atoms with Crippen LogP contribution in [0.1, 0.15) is 17.0 Å². The number of rotatable bonds is 6. The van der Waals surface area contributed by atoms with Crippen molar-refractivity contribution in [2.45, 2.75) is 25.8 Å². The third kappa shape index (κ3) is 3.86. The first-order chi connectivity index (χ1) is 17.1. The van der Waals surface area contributed by atoms with Crippen LogP contribution in [-0.2, 0) is 12.8 Å². The number of anilines is 1. The van der Waals surface area contributed by atoms with Gasteiger partial charge in [-0.05, 0) is 60.9 Å². The number of pyridine rings is 1. The number of hydrogen-bond acceptors (Lipinski definition) is 4. The molecule has 0 saturated carbocycles. The summed E-state index contributed by atoms with van der Waals surface area (Å²) in [6.07, 6.45) is 7.37. The number of nitrogens with two attached hydrogens (primary N) is 2. The average molecular weight is 462 g/mol. The van der Waals surface area contributed by atoms with Gasteiger partial charge >= 0.3 is 0 Å². The Hall–Kier alpha value is -4.36. The van der Waals surface area contributed by atoms with E-state index in [2.05, 4.69) is 45.5 Å². The molecular weight excluding hydrogens is 434 g/mol. The van der Waals surface area contributed by atoms with Gasteiger partial charge in [-0.3, -0.25) is 5.10 Å². The van der Waals surface area contributed by atoms with E-state index in [4.69, 9.17) is 16.5 Å². The predicted octanol–water partition coefficient (Wildman–Crippen LogP) is 4.90. The highest BCUT2D eigenvalue weighted by atomic mass is 15.1. The molecule has 0 aliphatic carbocycles. The van der Waals surface area contributed by atoms with Gasteiger partial charge in [-0.1, -0.05) is 24.3 Å². The molecule has 0 amide bonds. The smallest absolute Gasteiger partial charge is 0.144 e. The van der Waals surface area contributed by atoms with Crippen LogP contribution in [0.2, 0.25) is 0 Å². The maximum atomic E-state index is 6.62. The fraction of sp³-hybridized carbons (Fsp3) is 0.143. The van der Waals surface area contributed by atoms with Gasteiger partial charge in [-0.2, -0.15) is 5.10 Å². The number of hydrogen-bond donors (Lipinski definition) is 4. The summed E-state index contributed by atoms with van der Waals surface area (Å²) in [6, 6.07) is 20.4. The number of para-hydroxylation sites is 1. The van der Waals surface area contributed by atoms with Crippen molar-refractivity contribution in [2.24, 2.45) is 5.73 Å². The van der Waals surface area contributed by atoms with E-state index in [0.717, 1.165) is 51.2 Å². The summed E-state index contributed by atoms with van der Waals surface area (Å²) in [5, 5.41) is 9.70. The number of nitrogens with zero attached hydrogens (tertiary/aromatic N) is 3. The Labute approximate surface area is 202 Å². The first kappa shape index (κ1) is 21.2. The highest BCUT2D eigenvalue weighted by Crippen LogP contribution is 2.32. The van der Waals surface area contributed by atoms with Crippen molar-refractivity contribution in [3.8, 4) is 16.9 Å². The lowest BCUT2D eigenvalue weighted by atomic mass is 9.99. The van der Waals surface area contributed by atoms with Crippen LogP contribution >= 0.6 is 0 Å². The molecular formula is C28H27N7. The molecule has 0 saturated heterocycles. The van der Waals surface area contributed by atoms with Crippen LogP contribution in [0, 0.1) is 6.92 Å². The van der Waals surface area contributed by atoms with E-state index >= 15 is 0 Å². The summed E-state index contributed by atoms with van der Waals surface area (Å²) >= 11 is 0. The number of nitrogen functional groups attached to an aromatic ring is 1. The van der Waals surface area contributed by atoms with Gasteiger partial charge in [-0.15, -0.1) is 0 Å². The van der Waals surface area contributed by atoms with Crippen LogP contribution in [0.25, 0.3) is 38.8 Å². The van der Waals surface area contributed by atoms with Crippen LogP contribution in [0.15, 0.2) is 79.3 Å². The Morgan fingerprint density at radius 2 is 1.80 bits per heavy atom. The van der Waals surface area contributed by atoms with Gasteiger partial charge in [-0.25, -0.2) is 4.98 Å². The molecule has 4 heterocycles. The second-order valence-electron chi connectivity index (χ2n) is 9.09. The SMILES string of the molecule is Cc1[nH]nc2ccc(-c3cc(N)c(C[C@@H](N)Cc4c[nH]c5ccccc45)nc3-n3cccc3)cc12. The normalized spacial score (nSPS) is 12.5. The second kappa shape index (κ2) is 8.45. The lowest BCUT2D eigenvalue weighted by Gasteiger charge is -2.17. The zero-order chi connectivity index (χ0) is 23.9. The molecule has 174 valence electrons. The molecule has 4 aromatic heterocycles. The van der Waals surface area contributed by atoms with E-state index < -0.39 is 0 Å². The third-order valence-corrected chi connectivity index (χ3v) is 6.63. The van der Waals surface area contributed by atoms with Crippen LogP contribution in [0.5, 0.6) is 0 Å². The summed E-state index contributed by atoms with van der Waals surface area (Å²) in [6.45, 7) is 2.02. The summed E-state index contributed by atoms with van der Waals surface area (Å²) in [4.78, 5) is 8.37. The summed E-state index contributed by atoms with van der Waals surface area (Å²) < 4.78 is 2.02. The van der Waals surface area contributed by atoms with Gasteiger partial charge in [0.05, 0.1) is 16.9 Å². The fourth-order valence-electron chi connectivity index (χ4n) is 4.81. The Morgan fingerprint density at radius 1 is 0.971 bits per heavy atom. The van der Waals surface area contributed by atoms with E-state index in [1.807, 2.05) is 60.4 Å². The molecule has 0 aliphatic rings. The fourth-order valence-corrected chi connectivity index (χ4v) is 4.81. The highest BCUT2D eigenvalue weighted by Gasteiger charge is 2.17. The van der Waals surface area contributed by atoms with Crippen molar-refractivity contribution >= 4 is 27.5 Å². The van der Waals surface area contributed by atoms with Crippen molar-refractivity contribution in [1.82, 2.24) is 24.7 Å². The number of aryl methyl sites for hydroxylation is 1. The van der Waals surface area contributed by atoms with Gasteiger partial charge in [0.2, 0.25) is 0 Å². The van der Waals surface area contributed by atoms with Crippen molar-refractivity contribution in [1.29, 1.82) is 0 Å². The predicted molar refractivity (Wildman–Crippen MR) is 141 cm³/mol. The molecule has 0 unspecified atom stereocenters. The van der Waals surface area contributed by atoms with E-state index in [-0.39, 0.29) is 6.04 Å². The number of aromatic amines is 2. The Balaban J connectivity index is 1.37. The van der Waals surface area contributed by atoms with E-state index in [0.29, 0.717) is 12.1 Å². The molecule has 6 rings (SSSR count). The monoisotopic (exact) mass is 461 g/mol. The zero-order valence-corrected chi connectivity index (χ0v) is 19.5. The molecule has 0 aliphatic heterocycles. The molecule has 0 fully saturated rings. The largest absolute Gasteiger partial charge is 0.397 e. The number of fused-ring (bicyclic) bond motifs is 2. The average Bonchev–Trinajstić information content (AvgIpc) is 3.61. The second-order valence-corrected chi connectivity index (χ2v) is 9.09. The lowest BCUT2D eigenvalue weighted by Crippen LogP contribution is -2.26. The minimum Gasteiger partial charge on any atom is -0.397 e. The van der Waals surface area contributed by atoms with Gasteiger partial charge in [0.15, 0.2) is 0 Å². The Kier molecular flexibility index (Phi) is 5.12. The van der Waals surface area contributed by atoms with Gasteiger partial charge in [0.1, 0.15) is 5.82 Å². The summed E-state index contributed by atoms with van der Waals surface area (Å²) in [5.74, 6) is 0.832. The first-order valence-electron chi connectivity index (χ1n) is 11.8. The van der Waals surface area contributed by atoms with Crippen molar-refractivity contribution in [3.63, 3.8) is 0 Å². The van der Waals surface area contributed by atoms with Crippen LogP contribution < -0.4 is 11.5 Å². The minimum atomic E-state index is -0.114. The number of benzene rings is 2. The van der Waals surface area contributed by atoms with E-state index in [9.17, 15) is 0 Å². The molecule has 6 N–H and O–H groups in total. The summed E-state index contributed by atoms with van der Waals surface area (Å²) in [7, 11) is 0. The van der Waals surface area contributed by atoms with Crippen LogP contribution in [-0.4, -0.2) is 30.8 Å². The van der Waals surface area contributed by atoms with Crippen molar-refractivity contribution in [2.75, 3.05) is 5.73 Å². The Morgan fingerprint density at radius 3 is 2.66 bits per heavy atom. The molecule has 35 heavy (non-hydrogen) atoms. The van der Waals surface area contributed by atoms with Crippen LogP contribution in [0.3, 0.4) is 0 Å². The third-order valence-electron chi connectivity index (χ3n) is 6.63. The molecule has 6 aromatic rings. The topological polar surface area (TPSA) is 114 Å². The minimum absolute atomic E-state index is 0.114. The highest BCUT2D eigenvalue weighted by molar-refractivity contribution is 5.88. The standard InChI is InChI=1S/C28H27N7/c1-17-22-13-18(8-9-26(22)34-33-17)23-15-24(30)27(32-28(23)35-10-4-5-11-35)14-20(29)12-19-16-31-25-7-3-2-6-21(19)25/h2-11,13,15-16,20,31H,12,14,29-30H2,1H3,(H,33,34)/t20-/m0/s1. The lowest BCUT2D eigenvalue weighted by molar-refractivity contribution is 0.656. The van der Waals surface area contributed by atoms with Crippen LogP contribution in [0.4, 0.5) is 5.69 Å². The molecule has 0 radical (unpaired) electrons. The molecule has 0 spiro atoms. The van der Waals surface area contributed by atoms with Gasteiger partial charge < -0.3 is 21.0 Å². The first-order valence-corrected chi connectivity index (χ1v) is 11.8. The van der Waals surface area contributed by atoms with Crippen molar-refractivity contribution in [3.05, 3.63) is 96.2 Å². The molecule has 2 aromatic carbocycles. The molecule has 0 bridgehead atoms. The van der Waals surface area contributed by atoms with E-state index in [1.165, 1.54) is 10.9 Å². The van der Waals surface area contributed by atoms with E-state index in [1.54, 1.807) is 0 Å². The quantitative estimate of drug-likeness (QED) is 0.282. The maximum absolute atomic E-state index is 6.62. The molecule has 7 heteroatoms. The number of H-pyrrole nitrogens is 2. The summed E-state index contributed by atoms with van der Waals surface area (Å²) in [5.41, 5.74) is 20.9. The number of nitrogens with one attached hydrogen (secondary N) is 2. The molecule has 1 atom stereocenters. The van der Waals surface area contributed by atoms with Crippen molar-refractivity contribution < 1.29 is 0 Å². The van der Waals surface area contributed by atoms with Gasteiger partial charge in [0, 0.05) is 58.6 Å². The Bertz CT molecular complexity index is 1640. The zero-order valence-electron chi connectivity index (χ0n) is 19.5. The van der Waals surface area contributed by atoms with Gasteiger partial charge in [0.25, 0.3) is 0 Å². The maximum Gasteiger partial charge on any atom is 0.144 e. The number of aromatic nitrogens is 5.